The number of imide groups is 1. The average Bonchev–Trinajstić information content (AvgIpc) is 3.07. The number of hydrogen-bond donors (Lipinski definition) is 3. The first-order valence-electron chi connectivity index (χ1n) is 8.18. The first-order chi connectivity index (χ1) is 11.8. The highest BCUT2D eigenvalue weighted by molar-refractivity contribution is 6.03. The first kappa shape index (κ1) is 16.9. The van der Waals surface area contributed by atoms with Gasteiger partial charge in [0.2, 0.25) is 11.8 Å². The van der Waals surface area contributed by atoms with Gasteiger partial charge in [0.05, 0.1) is 17.1 Å². The zero-order valence-corrected chi connectivity index (χ0v) is 14.4. The molecule has 4 amide bonds. The van der Waals surface area contributed by atoms with Crippen LogP contribution in [0.1, 0.15) is 31.3 Å². The summed E-state index contributed by atoms with van der Waals surface area (Å²) in [6.45, 7) is 5.71. The van der Waals surface area contributed by atoms with Crippen molar-refractivity contribution in [3.05, 3.63) is 29.6 Å². The maximum atomic E-state index is 12.3. The second kappa shape index (κ2) is 6.54. The topological polar surface area (TPSA) is 107 Å². The van der Waals surface area contributed by atoms with E-state index in [4.69, 9.17) is 0 Å². The standard InChI is InChI=1S/C17H21N5O3/c1-9(2)15(16-18-11-5-4-10(3)6-12(11)19-16)20-13(23)7-22-8-14(24)21-17(22)25/h4-6,9,15H,7-8H2,1-3H3,(H,18,19)(H,20,23)(H,21,24,25)/t15-/m1/s1. The van der Waals surface area contributed by atoms with Crippen LogP contribution in [0.4, 0.5) is 4.79 Å². The van der Waals surface area contributed by atoms with Crippen molar-refractivity contribution in [2.45, 2.75) is 26.8 Å². The van der Waals surface area contributed by atoms with Gasteiger partial charge in [-0.1, -0.05) is 19.9 Å². The molecule has 1 aromatic heterocycles. The van der Waals surface area contributed by atoms with Crippen molar-refractivity contribution >= 4 is 28.9 Å². The fourth-order valence-corrected chi connectivity index (χ4v) is 2.84. The summed E-state index contributed by atoms with van der Waals surface area (Å²) in [6, 6.07) is 5.07. The molecular weight excluding hydrogens is 322 g/mol. The van der Waals surface area contributed by atoms with Gasteiger partial charge in [-0.05, 0) is 30.5 Å². The van der Waals surface area contributed by atoms with Crippen LogP contribution >= 0.6 is 0 Å². The van der Waals surface area contributed by atoms with Gasteiger partial charge < -0.3 is 15.2 Å². The fourth-order valence-electron chi connectivity index (χ4n) is 2.84. The summed E-state index contributed by atoms with van der Waals surface area (Å²) in [5, 5.41) is 5.06. The van der Waals surface area contributed by atoms with Crippen LogP contribution in [0.3, 0.4) is 0 Å². The Morgan fingerprint density at radius 3 is 2.76 bits per heavy atom. The molecule has 0 spiro atoms. The number of imidazole rings is 1. The first-order valence-corrected chi connectivity index (χ1v) is 8.18. The number of carbonyl (C=O) groups is 3. The lowest BCUT2D eigenvalue weighted by Crippen LogP contribution is -2.41. The fraction of sp³-hybridized carbons (Fsp3) is 0.412. The van der Waals surface area contributed by atoms with E-state index in [1.165, 1.54) is 4.90 Å². The smallest absolute Gasteiger partial charge is 0.325 e. The van der Waals surface area contributed by atoms with Gasteiger partial charge in [-0.3, -0.25) is 14.9 Å². The number of aromatic nitrogens is 2. The molecule has 25 heavy (non-hydrogen) atoms. The third kappa shape index (κ3) is 3.62. The third-order valence-corrected chi connectivity index (χ3v) is 4.14. The van der Waals surface area contributed by atoms with Crippen molar-refractivity contribution in [1.82, 2.24) is 25.5 Å². The molecule has 0 unspecified atom stereocenters. The van der Waals surface area contributed by atoms with Gasteiger partial charge >= 0.3 is 6.03 Å². The number of aryl methyl sites for hydroxylation is 1. The van der Waals surface area contributed by atoms with Crippen LogP contribution in [0, 0.1) is 12.8 Å². The van der Waals surface area contributed by atoms with E-state index in [0.29, 0.717) is 5.82 Å². The predicted octanol–water partition coefficient (Wildman–Crippen LogP) is 1.24. The Morgan fingerprint density at radius 1 is 1.36 bits per heavy atom. The van der Waals surface area contributed by atoms with E-state index in [9.17, 15) is 14.4 Å². The maximum absolute atomic E-state index is 12.3. The Hall–Kier alpha value is -2.90. The zero-order chi connectivity index (χ0) is 18.1. The number of rotatable bonds is 5. The molecule has 132 valence electrons. The number of amides is 4. The average molecular weight is 343 g/mol. The number of fused-ring (bicyclic) bond motifs is 1. The molecule has 1 atom stereocenters. The number of H-pyrrole nitrogens is 1. The second-order valence-corrected chi connectivity index (χ2v) is 6.64. The van der Waals surface area contributed by atoms with Gasteiger partial charge in [0.15, 0.2) is 0 Å². The van der Waals surface area contributed by atoms with E-state index in [0.717, 1.165) is 16.6 Å². The van der Waals surface area contributed by atoms with Crippen LogP contribution in [-0.2, 0) is 9.59 Å². The molecule has 0 aliphatic carbocycles. The minimum absolute atomic E-state index is 0.0947. The SMILES string of the molecule is Cc1ccc2nc([C@H](NC(=O)CN3CC(=O)NC3=O)C(C)C)[nH]c2c1. The van der Waals surface area contributed by atoms with E-state index >= 15 is 0 Å². The van der Waals surface area contributed by atoms with Gasteiger partial charge in [-0.25, -0.2) is 9.78 Å². The van der Waals surface area contributed by atoms with Crippen LogP contribution < -0.4 is 10.6 Å². The number of hydrogen-bond acceptors (Lipinski definition) is 4. The van der Waals surface area contributed by atoms with Crippen molar-refractivity contribution in [2.24, 2.45) is 5.92 Å². The predicted molar refractivity (Wildman–Crippen MR) is 91.7 cm³/mol. The van der Waals surface area contributed by atoms with Crippen molar-refractivity contribution in [3.63, 3.8) is 0 Å². The largest absolute Gasteiger partial charge is 0.344 e. The summed E-state index contributed by atoms with van der Waals surface area (Å²) in [4.78, 5) is 44.1. The molecule has 3 rings (SSSR count). The van der Waals surface area contributed by atoms with Crippen LogP contribution in [-0.4, -0.2) is 45.8 Å². The van der Waals surface area contributed by atoms with E-state index < -0.39 is 11.9 Å². The molecule has 0 radical (unpaired) electrons. The Balaban J connectivity index is 1.75. The summed E-state index contributed by atoms with van der Waals surface area (Å²) in [5.74, 6) is 0.0385. The molecule has 0 saturated carbocycles. The second-order valence-electron chi connectivity index (χ2n) is 6.64. The molecule has 3 N–H and O–H groups in total. The zero-order valence-electron chi connectivity index (χ0n) is 14.4. The normalized spacial score (nSPS) is 15.8. The minimum atomic E-state index is -0.541. The number of benzene rings is 1. The van der Waals surface area contributed by atoms with Gasteiger partial charge in [0, 0.05) is 0 Å². The Bertz CT molecular complexity index is 842. The summed E-state index contributed by atoms with van der Waals surface area (Å²) in [6.07, 6.45) is 0. The molecule has 8 heteroatoms. The highest BCUT2D eigenvalue weighted by atomic mass is 16.2. The molecule has 1 aliphatic heterocycles. The Labute approximate surface area is 145 Å². The van der Waals surface area contributed by atoms with E-state index in [1.54, 1.807) is 0 Å². The van der Waals surface area contributed by atoms with Crippen LogP contribution in [0.25, 0.3) is 11.0 Å². The van der Waals surface area contributed by atoms with Crippen molar-refractivity contribution in [3.8, 4) is 0 Å². The van der Waals surface area contributed by atoms with Crippen LogP contribution in [0.2, 0.25) is 0 Å². The molecule has 1 saturated heterocycles. The molecule has 1 aliphatic rings. The highest BCUT2D eigenvalue weighted by Crippen LogP contribution is 2.22. The monoisotopic (exact) mass is 343 g/mol. The molecule has 1 aromatic carbocycles. The number of nitrogens with zero attached hydrogens (tertiary/aromatic N) is 2. The molecule has 0 bridgehead atoms. The highest BCUT2D eigenvalue weighted by Gasteiger charge is 2.29. The minimum Gasteiger partial charge on any atom is -0.344 e. The quantitative estimate of drug-likeness (QED) is 0.710. The van der Waals surface area contributed by atoms with Gasteiger partial charge in [-0.15, -0.1) is 0 Å². The molecule has 1 fully saturated rings. The van der Waals surface area contributed by atoms with E-state index in [1.807, 2.05) is 39.0 Å². The lowest BCUT2D eigenvalue weighted by Gasteiger charge is -2.22. The molecule has 2 heterocycles. The van der Waals surface area contributed by atoms with Gasteiger partial charge in [-0.2, -0.15) is 0 Å². The van der Waals surface area contributed by atoms with Crippen molar-refractivity contribution in [1.29, 1.82) is 0 Å². The molecule has 8 nitrogen and oxygen atoms in total. The van der Waals surface area contributed by atoms with E-state index in [2.05, 4.69) is 20.6 Å². The lowest BCUT2D eigenvalue weighted by atomic mass is 10.0. The summed E-state index contributed by atoms with van der Waals surface area (Å²) in [7, 11) is 0. The molecule has 2 aromatic rings. The van der Waals surface area contributed by atoms with Crippen LogP contribution in [0.5, 0.6) is 0 Å². The van der Waals surface area contributed by atoms with Gasteiger partial charge in [0.25, 0.3) is 0 Å². The summed E-state index contributed by atoms with van der Waals surface area (Å²) < 4.78 is 0. The Morgan fingerprint density at radius 2 is 2.12 bits per heavy atom. The molecular formula is C17H21N5O3. The lowest BCUT2D eigenvalue weighted by molar-refractivity contribution is -0.123. The van der Waals surface area contributed by atoms with Crippen molar-refractivity contribution in [2.75, 3.05) is 13.1 Å². The third-order valence-electron chi connectivity index (χ3n) is 4.14. The Kier molecular flexibility index (Phi) is 4.43. The number of aromatic amines is 1. The van der Waals surface area contributed by atoms with Crippen LogP contribution in [0.15, 0.2) is 18.2 Å². The van der Waals surface area contributed by atoms with Crippen molar-refractivity contribution < 1.29 is 14.4 Å². The van der Waals surface area contributed by atoms with Gasteiger partial charge in [0.1, 0.15) is 18.9 Å². The summed E-state index contributed by atoms with van der Waals surface area (Å²) >= 11 is 0. The number of carbonyl (C=O) groups excluding carboxylic acids is 3. The summed E-state index contributed by atoms with van der Waals surface area (Å²) in [5.41, 5.74) is 2.88. The van der Waals surface area contributed by atoms with E-state index in [-0.39, 0.29) is 31.0 Å². The maximum Gasteiger partial charge on any atom is 0.325 e. The number of urea groups is 1. The number of nitrogens with one attached hydrogen (secondary N) is 3.